The Hall–Kier alpha value is -3.46. The van der Waals surface area contributed by atoms with Crippen molar-refractivity contribution in [1.29, 1.82) is 0 Å². The Morgan fingerprint density at radius 3 is 2.53 bits per heavy atom. The van der Waals surface area contributed by atoms with Gasteiger partial charge >= 0.3 is 5.97 Å². The molecule has 2 saturated heterocycles. The Kier molecular flexibility index (Phi) is 9.99. The molecular weight excluding hydrogens is 676 g/mol. The number of amides is 1. The van der Waals surface area contributed by atoms with Crippen LogP contribution in [0, 0.1) is 28.1 Å². The van der Waals surface area contributed by atoms with Crippen LogP contribution in [0.5, 0.6) is 0 Å². The van der Waals surface area contributed by atoms with E-state index < -0.39 is 45.9 Å². The number of Topliss-reactive ketones (excluding diaryl/α,β-unsaturated/α-hetero) is 1. The maximum Gasteiger partial charge on any atom is 0.320 e. The maximum atomic E-state index is 13.7. The molecule has 2 aliphatic heterocycles. The number of ether oxygens (including phenoxy) is 1. The van der Waals surface area contributed by atoms with Gasteiger partial charge in [0.15, 0.2) is 17.0 Å². The number of anilines is 1. The Morgan fingerprint density at radius 2 is 1.81 bits per heavy atom. The van der Waals surface area contributed by atoms with Crippen molar-refractivity contribution < 1.29 is 29.3 Å². The number of aromatic nitrogens is 4. The molecule has 0 spiro atoms. The van der Waals surface area contributed by atoms with Crippen LogP contribution >= 0.6 is 0 Å². The molecule has 3 saturated carbocycles. The molecule has 2 aromatic rings. The summed E-state index contributed by atoms with van der Waals surface area (Å²) in [6.07, 6.45) is 6.56. The number of imidazole rings is 1. The van der Waals surface area contributed by atoms with Gasteiger partial charge in [0.05, 0.1) is 25.1 Å². The lowest BCUT2D eigenvalue weighted by Gasteiger charge is -2.64. The van der Waals surface area contributed by atoms with E-state index in [0.717, 1.165) is 31.9 Å². The highest BCUT2D eigenvalue weighted by Gasteiger charge is 2.72. The first kappa shape index (κ1) is 37.8. The summed E-state index contributed by atoms with van der Waals surface area (Å²) < 4.78 is 8.19. The topological polar surface area (TPSA) is 166 Å². The Labute approximate surface area is 312 Å². The number of aliphatic hydroxyl groups is 2. The average molecular weight is 735 g/mol. The third-order valence-electron chi connectivity index (χ3n) is 14.5. The number of carbonyl (C=O) groups excluding carboxylic acids is 3. The fraction of sp³-hybridized carbons (Fsp3) is 0.744. The summed E-state index contributed by atoms with van der Waals surface area (Å²) in [5.41, 5.74) is -2.09. The fourth-order valence-electron chi connectivity index (χ4n) is 11.0. The van der Waals surface area contributed by atoms with Crippen molar-refractivity contribution in [1.82, 2.24) is 34.6 Å². The van der Waals surface area contributed by atoms with Gasteiger partial charge in [-0.3, -0.25) is 19.3 Å². The van der Waals surface area contributed by atoms with Gasteiger partial charge < -0.3 is 34.6 Å². The summed E-state index contributed by atoms with van der Waals surface area (Å²) >= 11 is 0. The van der Waals surface area contributed by atoms with Gasteiger partial charge in [-0.1, -0.05) is 33.8 Å². The monoisotopic (exact) mass is 734 g/mol. The maximum absolute atomic E-state index is 13.7. The van der Waals surface area contributed by atoms with Crippen LogP contribution in [-0.2, 0) is 25.7 Å². The molecule has 14 heteroatoms. The predicted octanol–water partition coefficient (Wildman–Crippen LogP) is 2.18. The van der Waals surface area contributed by atoms with Gasteiger partial charge in [0.2, 0.25) is 5.91 Å². The van der Waals surface area contributed by atoms with Gasteiger partial charge in [-0.05, 0) is 56.9 Å². The van der Waals surface area contributed by atoms with Crippen molar-refractivity contribution in [3.8, 4) is 0 Å². The van der Waals surface area contributed by atoms with Crippen LogP contribution in [0.25, 0.3) is 11.2 Å². The smallest absolute Gasteiger partial charge is 0.320 e. The van der Waals surface area contributed by atoms with Gasteiger partial charge in [0.1, 0.15) is 24.3 Å². The van der Waals surface area contributed by atoms with Crippen LogP contribution < -0.4 is 10.2 Å². The third-order valence-corrected chi connectivity index (χ3v) is 14.5. The number of ketones is 1. The number of rotatable bonds is 9. The number of hydrogen-bond donors (Lipinski definition) is 3. The minimum absolute atomic E-state index is 0.0448. The quantitative estimate of drug-likeness (QED) is 0.254. The molecule has 2 bridgehead atoms. The molecule has 3 aliphatic carbocycles. The van der Waals surface area contributed by atoms with Gasteiger partial charge in [-0.15, -0.1) is 6.58 Å². The van der Waals surface area contributed by atoms with E-state index in [4.69, 9.17) is 4.74 Å². The number of aliphatic hydroxyl groups excluding tert-OH is 2. The predicted molar refractivity (Wildman–Crippen MR) is 199 cm³/mol. The van der Waals surface area contributed by atoms with Crippen LogP contribution in [0.3, 0.4) is 0 Å². The van der Waals surface area contributed by atoms with E-state index in [1.54, 1.807) is 17.0 Å². The van der Waals surface area contributed by atoms with E-state index in [0.29, 0.717) is 69.1 Å². The minimum Gasteiger partial charge on any atom is -0.458 e. The molecule has 9 atom stereocenters. The Bertz CT molecular complexity index is 1740. The highest BCUT2D eigenvalue weighted by Crippen LogP contribution is 2.69. The summed E-state index contributed by atoms with van der Waals surface area (Å²) in [6, 6.07) is 0.411. The largest absolute Gasteiger partial charge is 0.458 e. The summed E-state index contributed by atoms with van der Waals surface area (Å²) in [6.45, 7) is 18.6. The van der Waals surface area contributed by atoms with Crippen LogP contribution in [0.15, 0.2) is 25.3 Å². The van der Waals surface area contributed by atoms with E-state index in [2.05, 4.69) is 38.7 Å². The second kappa shape index (κ2) is 14.0. The first-order valence-electron chi connectivity index (χ1n) is 19.6. The zero-order valence-corrected chi connectivity index (χ0v) is 32.1. The lowest BCUT2D eigenvalue weighted by Crippen LogP contribution is -2.69. The molecule has 1 amide bonds. The van der Waals surface area contributed by atoms with Crippen LogP contribution in [0.1, 0.15) is 73.1 Å². The number of piperazine rings is 1. The molecule has 14 nitrogen and oxygen atoms in total. The molecule has 53 heavy (non-hydrogen) atoms. The van der Waals surface area contributed by atoms with Crippen molar-refractivity contribution in [2.24, 2.45) is 28.1 Å². The molecule has 0 radical (unpaired) electrons. The number of nitrogens with zero attached hydrogens (tertiary/aromatic N) is 7. The molecule has 0 aromatic carbocycles. The number of nitrogens with one attached hydrogen (secondary N) is 1. The van der Waals surface area contributed by atoms with E-state index >= 15 is 0 Å². The molecular formula is C39H58N8O6. The van der Waals surface area contributed by atoms with Gasteiger partial charge in [0.25, 0.3) is 0 Å². The third kappa shape index (κ3) is 6.17. The molecule has 3 N–H and O–H groups in total. The zero-order chi connectivity index (χ0) is 37.9. The Morgan fingerprint density at radius 1 is 1.06 bits per heavy atom. The number of likely N-dealkylation sites (N-methyl/N-ethyl adjacent to an activating group) is 1. The number of fused-ring (bicyclic) bond motifs is 1. The molecule has 5 fully saturated rings. The minimum atomic E-state index is -1.10. The highest BCUT2D eigenvalue weighted by molar-refractivity contribution is 5.86. The van der Waals surface area contributed by atoms with Crippen molar-refractivity contribution >= 4 is 34.6 Å². The van der Waals surface area contributed by atoms with Crippen LogP contribution in [0.2, 0.25) is 0 Å². The van der Waals surface area contributed by atoms with Crippen LogP contribution in [0.4, 0.5) is 5.82 Å². The van der Waals surface area contributed by atoms with E-state index in [9.17, 15) is 24.6 Å². The summed E-state index contributed by atoms with van der Waals surface area (Å²) in [7, 11) is 0. The normalized spacial score (nSPS) is 37.7. The molecule has 5 aliphatic rings. The first-order valence-corrected chi connectivity index (χ1v) is 19.6. The van der Waals surface area contributed by atoms with Gasteiger partial charge in [-0.25, -0.2) is 15.0 Å². The van der Waals surface area contributed by atoms with E-state index in [1.807, 2.05) is 37.5 Å². The van der Waals surface area contributed by atoms with E-state index in [-0.39, 0.29) is 37.1 Å². The zero-order valence-electron chi connectivity index (χ0n) is 32.1. The molecule has 4 heterocycles. The van der Waals surface area contributed by atoms with E-state index in [1.165, 1.54) is 6.33 Å². The van der Waals surface area contributed by atoms with Crippen molar-refractivity contribution in [3.63, 3.8) is 0 Å². The number of carbonyl (C=O) groups is 3. The second-order valence-corrected chi connectivity index (χ2v) is 17.2. The SMILES string of the molecule is C=CC1(C)CC(O)C2(C)C3C(=O)CCC3(CCC2(C)OC(=O)CN2CCN(C(=O)Cn3cnc4c(N5CCC(NCC)C5)ncnc43)CC2)C(C)C1O. The first-order chi connectivity index (χ1) is 25.2. The molecule has 7 rings (SSSR count). The van der Waals surface area contributed by atoms with Crippen molar-refractivity contribution in [2.75, 3.05) is 57.3 Å². The second-order valence-electron chi connectivity index (χ2n) is 17.2. The lowest BCUT2D eigenvalue weighted by molar-refractivity contribution is -0.252. The average Bonchev–Trinajstić information content (AvgIpc) is 3.87. The van der Waals surface area contributed by atoms with Crippen molar-refractivity contribution in [2.45, 2.75) is 104 Å². The molecule has 290 valence electrons. The number of hydrogen-bond acceptors (Lipinski definition) is 12. The lowest BCUT2D eigenvalue weighted by atomic mass is 9.42. The fourth-order valence-corrected chi connectivity index (χ4v) is 11.0. The number of esters is 1. The highest BCUT2D eigenvalue weighted by atomic mass is 16.6. The standard InChI is InChI=1S/C39H58N8O6/c1-7-36(4)19-28(49)38(6)32-27(48)9-11-39(32,25(3)33(36)52)13-12-37(38,5)53-30(51)22-44-15-17-45(18-16-44)29(50)21-47-24-43-31-34(41-23-42-35(31)47)46-14-10-26(20-46)40-8-2/h7,23-26,28,32-33,40,49,52H,1,8-22H2,2-6H3. The summed E-state index contributed by atoms with van der Waals surface area (Å²) in [5, 5.41) is 27.2. The van der Waals surface area contributed by atoms with Crippen LogP contribution in [-0.4, -0.2) is 133 Å². The molecule has 2 aromatic heterocycles. The summed E-state index contributed by atoms with van der Waals surface area (Å²) in [5.74, 6) is -0.312. The van der Waals surface area contributed by atoms with Gasteiger partial charge in [0, 0.05) is 68.5 Å². The Balaban J connectivity index is 0.984. The molecule has 9 unspecified atom stereocenters. The van der Waals surface area contributed by atoms with Crippen molar-refractivity contribution in [3.05, 3.63) is 25.3 Å². The summed E-state index contributed by atoms with van der Waals surface area (Å²) in [4.78, 5) is 60.6. The van der Waals surface area contributed by atoms with Gasteiger partial charge in [-0.2, -0.15) is 0 Å².